The first-order chi connectivity index (χ1) is 21.6. The highest BCUT2D eigenvalue weighted by Crippen LogP contribution is 2.36. The van der Waals surface area contributed by atoms with E-state index >= 15 is 0 Å². The van der Waals surface area contributed by atoms with E-state index in [1.165, 1.54) is 18.4 Å². The van der Waals surface area contributed by atoms with Crippen LogP contribution in [-0.4, -0.2) is 55.5 Å². The highest BCUT2D eigenvalue weighted by atomic mass is 32.1. The van der Waals surface area contributed by atoms with Crippen molar-refractivity contribution >= 4 is 35.1 Å². The van der Waals surface area contributed by atoms with Crippen LogP contribution in [0.4, 0.5) is 10.6 Å². The zero-order valence-electron chi connectivity index (χ0n) is 25.3. The number of thiophene rings is 1. The van der Waals surface area contributed by atoms with Gasteiger partial charge in [0.2, 0.25) is 0 Å². The number of ether oxygens (including phenoxy) is 3. The third kappa shape index (κ3) is 8.88. The average molecular weight is 628 g/mol. The number of hydrogen-bond acceptors (Lipinski definition) is 9. The molecule has 0 fully saturated rings. The maximum absolute atomic E-state index is 13.0. The van der Waals surface area contributed by atoms with E-state index in [1.807, 2.05) is 18.2 Å². The van der Waals surface area contributed by atoms with Crippen LogP contribution in [-0.2, 0) is 9.47 Å². The van der Waals surface area contributed by atoms with Crippen molar-refractivity contribution in [1.29, 1.82) is 5.26 Å². The number of rotatable bonds is 11. The Morgan fingerprint density at radius 2 is 1.67 bits per heavy atom. The van der Waals surface area contributed by atoms with Crippen molar-refractivity contribution in [3.8, 4) is 34.2 Å². The first-order valence-corrected chi connectivity index (χ1v) is 14.8. The lowest BCUT2D eigenvalue weighted by Crippen LogP contribution is -2.37. The smallest absolute Gasteiger partial charge is 0.407 e. The van der Waals surface area contributed by atoms with Crippen molar-refractivity contribution in [1.82, 2.24) is 15.6 Å². The molecule has 232 valence electrons. The summed E-state index contributed by atoms with van der Waals surface area (Å²) in [6.45, 7) is 5.71. The Bertz CT molecular complexity index is 1690. The number of methoxy groups -OCH3 is 1. The van der Waals surface area contributed by atoms with Crippen molar-refractivity contribution in [2.45, 2.75) is 26.4 Å². The van der Waals surface area contributed by atoms with E-state index in [1.54, 1.807) is 74.7 Å². The summed E-state index contributed by atoms with van der Waals surface area (Å²) in [5.74, 6) is -0.138. The lowest BCUT2D eigenvalue weighted by molar-refractivity contribution is 0.0514. The second-order valence-corrected chi connectivity index (χ2v) is 11.6. The SMILES string of the molecule is COCOc1ccccc1-c1cc(-c2ccc(C(=O)NCCNC(=O)OC(C)(C)C)cc2)c(C#N)c(NC(=O)c2cccs2)n1. The lowest BCUT2D eigenvalue weighted by Gasteiger charge is -2.19. The number of nitrogens with one attached hydrogen (secondary N) is 3. The molecule has 0 atom stereocenters. The van der Waals surface area contributed by atoms with E-state index in [9.17, 15) is 19.6 Å². The van der Waals surface area contributed by atoms with Crippen LogP contribution in [0.1, 0.15) is 46.4 Å². The van der Waals surface area contributed by atoms with Gasteiger partial charge < -0.3 is 30.2 Å². The fraction of sp³-hybridized carbons (Fsp3) is 0.242. The van der Waals surface area contributed by atoms with Crippen molar-refractivity contribution in [3.05, 3.63) is 88.1 Å². The second-order valence-electron chi connectivity index (χ2n) is 10.6. The lowest BCUT2D eigenvalue weighted by atomic mass is 9.97. The minimum absolute atomic E-state index is 0.0166. The minimum Gasteiger partial charge on any atom is -0.467 e. The molecule has 12 heteroatoms. The van der Waals surface area contributed by atoms with Gasteiger partial charge in [0, 0.05) is 36.9 Å². The van der Waals surface area contributed by atoms with Crippen LogP contribution < -0.4 is 20.7 Å². The van der Waals surface area contributed by atoms with E-state index in [0.29, 0.717) is 38.6 Å². The molecule has 0 spiro atoms. The predicted molar refractivity (Wildman–Crippen MR) is 171 cm³/mol. The first-order valence-electron chi connectivity index (χ1n) is 14.0. The third-order valence-corrected chi connectivity index (χ3v) is 7.01. The van der Waals surface area contributed by atoms with Crippen LogP contribution in [0.15, 0.2) is 72.1 Å². The molecule has 4 aromatic rings. The van der Waals surface area contributed by atoms with Crippen LogP contribution in [0.25, 0.3) is 22.4 Å². The third-order valence-electron chi connectivity index (χ3n) is 6.14. The highest BCUT2D eigenvalue weighted by molar-refractivity contribution is 7.12. The molecule has 2 heterocycles. The molecule has 2 aromatic carbocycles. The molecule has 0 aliphatic rings. The van der Waals surface area contributed by atoms with Gasteiger partial charge in [0.05, 0.1) is 10.6 Å². The van der Waals surface area contributed by atoms with Crippen LogP contribution >= 0.6 is 11.3 Å². The number of alkyl carbamates (subject to hydrolysis) is 1. The van der Waals surface area contributed by atoms with Crippen LogP contribution in [0, 0.1) is 11.3 Å². The Morgan fingerprint density at radius 3 is 2.33 bits per heavy atom. The molecular formula is C33H33N5O6S. The minimum atomic E-state index is -0.617. The maximum atomic E-state index is 13.0. The summed E-state index contributed by atoms with van der Waals surface area (Å²) in [6, 6.07) is 21.3. The number of carbonyl (C=O) groups is 3. The molecule has 11 nitrogen and oxygen atoms in total. The first kappa shape index (κ1) is 32.7. The number of benzene rings is 2. The number of hydrogen-bond donors (Lipinski definition) is 3. The normalized spacial score (nSPS) is 10.8. The Kier molecular flexibility index (Phi) is 10.9. The molecular weight excluding hydrogens is 594 g/mol. The van der Waals surface area contributed by atoms with Gasteiger partial charge in [-0.25, -0.2) is 9.78 Å². The monoisotopic (exact) mass is 627 g/mol. The number of nitrogens with zero attached hydrogens (tertiary/aromatic N) is 2. The van der Waals surface area contributed by atoms with E-state index in [0.717, 1.165) is 0 Å². The molecule has 2 aromatic heterocycles. The fourth-order valence-electron chi connectivity index (χ4n) is 4.18. The number of carbonyl (C=O) groups excluding carboxylic acids is 3. The number of anilines is 1. The Morgan fingerprint density at radius 1 is 0.933 bits per heavy atom. The van der Waals surface area contributed by atoms with Gasteiger partial charge in [-0.1, -0.05) is 30.3 Å². The van der Waals surface area contributed by atoms with Gasteiger partial charge in [0.1, 0.15) is 23.0 Å². The molecule has 0 aliphatic heterocycles. The van der Waals surface area contributed by atoms with Gasteiger partial charge in [-0.05, 0) is 68.1 Å². The number of aromatic nitrogens is 1. The van der Waals surface area contributed by atoms with Gasteiger partial charge in [0.25, 0.3) is 11.8 Å². The summed E-state index contributed by atoms with van der Waals surface area (Å²) in [5, 5.41) is 20.1. The molecule has 45 heavy (non-hydrogen) atoms. The summed E-state index contributed by atoms with van der Waals surface area (Å²) in [5.41, 5.74) is 2.13. The molecule has 4 rings (SSSR count). The maximum Gasteiger partial charge on any atom is 0.407 e. The average Bonchev–Trinajstić information content (AvgIpc) is 3.57. The summed E-state index contributed by atoms with van der Waals surface area (Å²) in [6.07, 6.45) is -0.565. The van der Waals surface area contributed by atoms with E-state index < -0.39 is 17.6 Å². The summed E-state index contributed by atoms with van der Waals surface area (Å²) < 4.78 is 16.0. The van der Waals surface area contributed by atoms with Crippen molar-refractivity contribution in [2.75, 3.05) is 32.3 Å². The van der Waals surface area contributed by atoms with Crippen LogP contribution in [0.2, 0.25) is 0 Å². The van der Waals surface area contributed by atoms with Gasteiger partial charge in [-0.3, -0.25) is 9.59 Å². The summed E-state index contributed by atoms with van der Waals surface area (Å²) >= 11 is 1.27. The molecule has 0 saturated heterocycles. The largest absolute Gasteiger partial charge is 0.467 e. The zero-order valence-corrected chi connectivity index (χ0v) is 26.1. The molecule has 3 N–H and O–H groups in total. The molecule has 0 radical (unpaired) electrons. The second kappa shape index (κ2) is 15.0. The quantitative estimate of drug-likeness (QED) is 0.139. The van der Waals surface area contributed by atoms with E-state index in [2.05, 4.69) is 27.0 Å². The van der Waals surface area contributed by atoms with E-state index in [4.69, 9.17) is 14.2 Å². The fourth-order valence-corrected chi connectivity index (χ4v) is 4.79. The Hall–Kier alpha value is -5.25. The summed E-state index contributed by atoms with van der Waals surface area (Å²) in [4.78, 5) is 42.7. The van der Waals surface area contributed by atoms with Crippen molar-refractivity contribution in [3.63, 3.8) is 0 Å². The van der Waals surface area contributed by atoms with Gasteiger partial charge >= 0.3 is 6.09 Å². The standard InChI is InChI=1S/C33H33N5O6S/c1-33(2,3)44-32(41)36-16-15-35-30(39)22-13-11-21(12-14-22)24-18-26(23-8-5-6-9-27(23)43-20-42-4)37-29(25(24)19-34)38-31(40)28-10-7-17-45-28/h5-14,17-18H,15-16,20H2,1-4H3,(H,35,39)(H,36,41)(H,37,38,40). The topological polar surface area (TPSA) is 152 Å². The number of nitriles is 1. The molecule has 3 amide bonds. The van der Waals surface area contributed by atoms with Crippen LogP contribution in [0.3, 0.4) is 0 Å². The summed E-state index contributed by atoms with van der Waals surface area (Å²) in [7, 11) is 1.52. The van der Waals surface area contributed by atoms with E-state index in [-0.39, 0.29) is 37.2 Å². The molecule has 0 bridgehead atoms. The van der Waals surface area contributed by atoms with Crippen molar-refractivity contribution < 1.29 is 28.6 Å². The van der Waals surface area contributed by atoms with Gasteiger partial charge in [-0.2, -0.15) is 5.26 Å². The number of para-hydroxylation sites is 1. The van der Waals surface area contributed by atoms with Crippen molar-refractivity contribution in [2.24, 2.45) is 0 Å². The van der Waals surface area contributed by atoms with Gasteiger partial charge in [0.15, 0.2) is 12.6 Å². The Balaban J connectivity index is 1.62. The molecule has 0 unspecified atom stereocenters. The van der Waals surface area contributed by atoms with Crippen LogP contribution in [0.5, 0.6) is 5.75 Å². The van der Waals surface area contributed by atoms with Gasteiger partial charge in [-0.15, -0.1) is 11.3 Å². The molecule has 0 saturated carbocycles. The number of amides is 3. The molecule has 0 aliphatic carbocycles. The predicted octanol–water partition coefficient (Wildman–Crippen LogP) is 5.84. The zero-order chi connectivity index (χ0) is 32.4. The Labute approximate surface area is 265 Å². The highest BCUT2D eigenvalue weighted by Gasteiger charge is 2.20. The number of pyridine rings is 1.